The van der Waals surface area contributed by atoms with E-state index in [9.17, 15) is 9.18 Å². The van der Waals surface area contributed by atoms with Crippen LogP contribution in [0.5, 0.6) is 5.75 Å². The Kier molecular flexibility index (Phi) is 6.51. The average Bonchev–Trinajstić information content (AvgIpc) is 3.26. The summed E-state index contributed by atoms with van der Waals surface area (Å²) in [7, 11) is 2.95. The first kappa shape index (κ1) is 21.6. The zero-order chi connectivity index (χ0) is 22.5. The highest BCUT2D eigenvalue weighted by Gasteiger charge is 2.20. The van der Waals surface area contributed by atoms with Crippen LogP contribution in [0.25, 0.3) is 17.1 Å². The molecule has 0 unspecified atom stereocenters. The van der Waals surface area contributed by atoms with Gasteiger partial charge in [-0.2, -0.15) is 0 Å². The molecule has 4 aromatic rings. The molecule has 0 radical (unpaired) electrons. The summed E-state index contributed by atoms with van der Waals surface area (Å²) in [4.78, 5) is 12.1. The highest BCUT2D eigenvalue weighted by Crippen LogP contribution is 2.32. The molecule has 6 nitrogen and oxygen atoms in total. The van der Waals surface area contributed by atoms with Crippen LogP contribution in [0.15, 0.2) is 78.0 Å². The molecule has 1 heterocycles. The average molecular weight is 450 g/mol. The summed E-state index contributed by atoms with van der Waals surface area (Å²) in [6.45, 7) is 0. The van der Waals surface area contributed by atoms with E-state index in [0.29, 0.717) is 33.6 Å². The van der Waals surface area contributed by atoms with Gasteiger partial charge in [-0.25, -0.2) is 9.18 Å². The first-order valence-electron chi connectivity index (χ1n) is 9.76. The van der Waals surface area contributed by atoms with Crippen LogP contribution in [0.4, 0.5) is 4.39 Å². The van der Waals surface area contributed by atoms with Crippen molar-refractivity contribution < 1.29 is 18.7 Å². The number of rotatable bonds is 7. The number of hydrogen-bond donors (Lipinski definition) is 0. The van der Waals surface area contributed by atoms with Crippen LogP contribution in [-0.2, 0) is 10.5 Å². The maximum atomic E-state index is 14.6. The maximum Gasteiger partial charge on any atom is 0.338 e. The molecule has 4 rings (SSSR count). The van der Waals surface area contributed by atoms with Gasteiger partial charge in [0.1, 0.15) is 11.6 Å². The van der Waals surface area contributed by atoms with Gasteiger partial charge in [0, 0.05) is 5.75 Å². The number of thioether (sulfide) groups is 1. The van der Waals surface area contributed by atoms with Gasteiger partial charge in [-0.15, -0.1) is 10.2 Å². The summed E-state index contributed by atoms with van der Waals surface area (Å²) in [5.41, 5.74) is 2.41. The normalized spacial score (nSPS) is 10.7. The number of benzene rings is 3. The van der Waals surface area contributed by atoms with Crippen molar-refractivity contribution in [2.24, 2.45) is 0 Å². The third-order valence-electron chi connectivity index (χ3n) is 4.86. The number of methoxy groups -OCH3 is 2. The van der Waals surface area contributed by atoms with Gasteiger partial charge in [-0.1, -0.05) is 42.1 Å². The molecule has 0 N–H and O–H groups in total. The van der Waals surface area contributed by atoms with E-state index in [2.05, 4.69) is 10.2 Å². The molecule has 0 bridgehead atoms. The molecule has 0 aliphatic heterocycles. The highest BCUT2D eigenvalue weighted by atomic mass is 32.2. The number of carbonyl (C=O) groups is 1. The van der Waals surface area contributed by atoms with Gasteiger partial charge in [0.15, 0.2) is 11.0 Å². The highest BCUT2D eigenvalue weighted by molar-refractivity contribution is 7.98. The predicted molar refractivity (Wildman–Crippen MR) is 121 cm³/mol. The molecule has 0 saturated carbocycles. The summed E-state index contributed by atoms with van der Waals surface area (Å²) in [6, 6.07) is 21.0. The Balaban J connectivity index is 1.75. The molecule has 3 aromatic carbocycles. The lowest BCUT2D eigenvalue weighted by Crippen LogP contribution is -2.05. The number of nitrogens with zero attached hydrogens (tertiary/aromatic N) is 3. The van der Waals surface area contributed by atoms with Gasteiger partial charge in [0.05, 0.1) is 31.0 Å². The van der Waals surface area contributed by atoms with Crippen LogP contribution < -0.4 is 4.74 Å². The van der Waals surface area contributed by atoms with E-state index in [1.54, 1.807) is 42.0 Å². The van der Waals surface area contributed by atoms with Gasteiger partial charge in [-0.3, -0.25) is 4.57 Å². The fourth-order valence-corrected chi connectivity index (χ4v) is 4.20. The number of ether oxygens (including phenoxy) is 2. The molecule has 0 aliphatic rings. The summed E-state index contributed by atoms with van der Waals surface area (Å²) in [5, 5.41) is 9.17. The summed E-state index contributed by atoms with van der Waals surface area (Å²) in [5.74, 6) is 0.760. The summed E-state index contributed by atoms with van der Waals surface area (Å²) < 4.78 is 26.5. The Hall–Kier alpha value is -3.65. The minimum absolute atomic E-state index is 0.345. The van der Waals surface area contributed by atoms with E-state index in [1.165, 1.54) is 24.9 Å². The van der Waals surface area contributed by atoms with Crippen LogP contribution >= 0.6 is 11.8 Å². The van der Waals surface area contributed by atoms with Crippen molar-refractivity contribution in [3.8, 4) is 22.8 Å². The molecule has 8 heteroatoms. The van der Waals surface area contributed by atoms with Crippen molar-refractivity contribution in [3.63, 3.8) is 0 Å². The first-order valence-corrected chi connectivity index (χ1v) is 10.7. The van der Waals surface area contributed by atoms with Crippen molar-refractivity contribution in [2.45, 2.75) is 10.9 Å². The Morgan fingerprint density at radius 1 is 0.969 bits per heavy atom. The Bertz CT molecular complexity index is 1240. The minimum atomic E-state index is -0.398. The van der Waals surface area contributed by atoms with E-state index < -0.39 is 5.97 Å². The number of carbonyl (C=O) groups excluding carboxylic acids is 1. The number of hydrogen-bond acceptors (Lipinski definition) is 6. The maximum absolute atomic E-state index is 14.6. The largest absolute Gasteiger partial charge is 0.497 e. The number of esters is 1. The molecule has 0 saturated heterocycles. The predicted octanol–water partition coefficient (Wildman–Crippen LogP) is 5.16. The number of halogens is 1. The van der Waals surface area contributed by atoms with E-state index >= 15 is 0 Å². The van der Waals surface area contributed by atoms with Crippen molar-refractivity contribution in [3.05, 3.63) is 89.7 Å². The van der Waals surface area contributed by atoms with Gasteiger partial charge < -0.3 is 9.47 Å². The number of aromatic nitrogens is 3. The third kappa shape index (κ3) is 4.36. The molecule has 0 aliphatic carbocycles. The second kappa shape index (κ2) is 9.65. The molecule has 0 amide bonds. The van der Waals surface area contributed by atoms with E-state index in [0.717, 1.165) is 11.3 Å². The quantitative estimate of drug-likeness (QED) is 0.287. The van der Waals surface area contributed by atoms with Crippen molar-refractivity contribution >= 4 is 17.7 Å². The smallest absolute Gasteiger partial charge is 0.338 e. The molecule has 0 spiro atoms. The second-order valence-corrected chi connectivity index (χ2v) is 7.70. The van der Waals surface area contributed by atoms with Gasteiger partial charge >= 0.3 is 5.97 Å². The lowest BCUT2D eigenvalue weighted by molar-refractivity contribution is 0.0600. The molecule has 0 atom stereocenters. The third-order valence-corrected chi connectivity index (χ3v) is 5.84. The van der Waals surface area contributed by atoms with Crippen LogP contribution in [0.1, 0.15) is 15.9 Å². The topological polar surface area (TPSA) is 66.2 Å². The van der Waals surface area contributed by atoms with E-state index in [-0.39, 0.29) is 5.82 Å². The zero-order valence-electron chi connectivity index (χ0n) is 17.5. The molecule has 32 heavy (non-hydrogen) atoms. The zero-order valence-corrected chi connectivity index (χ0v) is 18.3. The standard InChI is InChI=1S/C24H20FN3O3S/c1-30-18-13-11-17(12-14-18)28-22(20-9-5-6-10-21(20)25)26-27-24(28)32-15-16-7-3-4-8-19(16)23(29)31-2/h3-14H,15H2,1-2H3. The van der Waals surface area contributed by atoms with Crippen LogP contribution in [0.3, 0.4) is 0 Å². The molecule has 0 fully saturated rings. The lowest BCUT2D eigenvalue weighted by atomic mass is 10.1. The minimum Gasteiger partial charge on any atom is -0.497 e. The fourth-order valence-electron chi connectivity index (χ4n) is 3.24. The van der Waals surface area contributed by atoms with Crippen LogP contribution in [0, 0.1) is 5.82 Å². The molecular weight excluding hydrogens is 429 g/mol. The Morgan fingerprint density at radius 2 is 1.69 bits per heavy atom. The van der Waals surface area contributed by atoms with Gasteiger partial charge in [0.2, 0.25) is 0 Å². The SMILES string of the molecule is COC(=O)c1ccccc1CSc1nnc(-c2ccccc2F)n1-c1ccc(OC)cc1. The van der Waals surface area contributed by atoms with Crippen molar-refractivity contribution in [1.82, 2.24) is 14.8 Å². The Labute approximate surface area is 189 Å². The Morgan fingerprint density at radius 3 is 2.41 bits per heavy atom. The van der Waals surface area contributed by atoms with Gasteiger partial charge in [-0.05, 0) is 48.0 Å². The monoisotopic (exact) mass is 449 g/mol. The van der Waals surface area contributed by atoms with Crippen molar-refractivity contribution in [1.29, 1.82) is 0 Å². The van der Waals surface area contributed by atoms with Gasteiger partial charge in [0.25, 0.3) is 0 Å². The fraction of sp³-hybridized carbons (Fsp3) is 0.125. The molecule has 1 aromatic heterocycles. The van der Waals surface area contributed by atoms with Crippen molar-refractivity contribution in [2.75, 3.05) is 14.2 Å². The first-order chi connectivity index (χ1) is 15.6. The summed E-state index contributed by atoms with van der Waals surface area (Å²) in [6.07, 6.45) is 0. The van der Waals surface area contributed by atoms with Crippen LogP contribution in [-0.4, -0.2) is 35.0 Å². The second-order valence-electron chi connectivity index (χ2n) is 6.76. The molecular formula is C24H20FN3O3S. The lowest BCUT2D eigenvalue weighted by Gasteiger charge is -2.12. The summed E-state index contributed by atoms with van der Waals surface area (Å²) >= 11 is 1.40. The molecule has 162 valence electrons. The van der Waals surface area contributed by atoms with E-state index in [1.807, 2.05) is 36.4 Å². The van der Waals surface area contributed by atoms with Crippen LogP contribution in [0.2, 0.25) is 0 Å². The van der Waals surface area contributed by atoms with E-state index in [4.69, 9.17) is 9.47 Å².